The van der Waals surface area contributed by atoms with Crippen LogP contribution in [0.3, 0.4) is 0 Å². The van der Waals surface area contributed by atoms with Crippen LogP contribution >= 0.6 is 0 Å². The normalized spacial score (nSPS) is 21.9. The van der Waals surface area contributed by atoms with E-state index < -0.39 is 5.60 Å². The van der Waals surface area contributed by atoms with E-state index >= 15 is 0 Å². The van der Waals surface area contributed by atoms with Crippen LogP contribution in [0.5, 0.6) is 5.75 Å². The highest BCUT2D eigenvalue weighted by Gasteiger charge is 2.40. The van der Waals surface area contributed by atoms with E-state index in [9.17, 15) is 4.79 Å². The van der Waals surface area contributed by atoms with Gasteiger partial charge in [-0.05, 0) is 31.5 Å². The van der Waals surface area contributed by atoms with Crippen molar-refractivity contribution < 1.29 is 14.3 Å². The Labute approximate surface area is 119 Å². The molecular formula is C15H22N2O3. The summed E-state index contributed by atoms with van der Waals surface area (Å²) in [4.78, 5) is 14.2. The average molecular weight is 278 g/mol. The first-order chi connectivity index (χ1) is 9.46. The maximum atomic E-state index is 12.4. The summed E-state index contributed by atoms with van der Waals surface area (Å²) in [7, 11) is 1.63. The number of rotatable bonds is 4. The molecule has 0 radical (unpaired) electrons. The number of nitrogens with two attached hydrogens (primary N) is 1. The second-order valence-corrected chi connectivity index (χ2v) is 5.52. The quantitative estimate of drug-likeness (QED) is 0.897. The fourth-order valence-electron chi connectivity index (χ4n) is 2.42. The molecule has 1 aliphatic rings. The number of hydrogen-bond acceptors (Lipinski definition) is 4. The van der Waals surface area contributed by atoms with Crippen LogP contribution in [0.2, 0.25) is 0 Å². The predicted molar refractivity (Wildman–Crippen MR) is 76.4 cm³/mol. The van der Waals surface area contributed by atoms with Crippen molar-refractivity contribution >= 4 is 5.91 Å². The minimum Gasteiger partial charge on any atom is -0.497 e. The van der Waals surface area contributed by atoms with Crippen LogP contribution in [-0.4, -0.2) is 42.7 Å². The van der Waals surface area contributed by atoms with E-state index in [1.807, 2.05) is 29.2 Å². The third-order valence-corrected chi connectivity index (χ3v) is 3.48. The number of amides is 1. The molecule has 0 aromatic heterocycles. The van der Waals surface area contributed by atoms with Gasteiger partial charge in [-0.15, -0.1) is 0 Å². The molecule has 1 aromatic carbocycles. The maximum Gasteiger partial charge on any atom is 0.254 e. The Hall–Kier alpha value is -1.59. The van der Waals surface area contributed by atoms with Crippen LogP contribution in [0.4, 0.5) is 0 Å². The lowest BCUT2D eigenvalue weighted by atomic mass is 10.0. The van der Waals surface area contributed by atoms with Crippen LogP contribution in [0, 0.1) is 0 Å². The number of ether oxygens (including phenoxy) is 2. The molecule has 1 aliphatic heterocycles. The monoisotopic (exact) mass is 278 g/mol. The van der Waals surface area contributed by atoms with Gasteiger partial charge >= 0.3 is 0 Å². The Bertz CT molecular complexity index is 471. The first-order valence-corrected chi connectivity index (χ1v) is 6.76. The first kappa shape index (κ1) is 14.8. The number of carbonyl (C=O) groups is 1. The lowest BCUT2D eigenvalue weighted by Crippen LogP contribution is -2.58. The van der Waals surface area contributed by atoms with Crippen molar-refractivity contribution in [2.45, 2.75) is 32.1 Å². The van der Waals surface area contributed by atoms with E-state index in [-0.39, 0.29) is 12.0 Å². The highest BCUT2D eigenvalue weighted by atomic mass is 16.5. The minimum absolute atomic E-state index is 0.00184. The summed E-state index contributed by atoms with van der Waals surface area (Å²) < 4.78 is 10.8. The van der Waals surface area contributed by atoms with Crippen molar-refractivity contribution in [3.63, 3.8) is 0 Å². The van der Waals surface area contributed by atoms with E-state index in [1.54, 1.807) is 21.0 Å². The zero-order chi connectivity index (χ0) is 14.8. The van der Waals surface area contributed by atoms with E-state index in [0.29, 0.717) is 19.6 Å². The van der Waals surface area contributed by atoms with Crippen molar-refractivity contribution in [3.05, 3.63) is 29.8 Å². The fraction of sp³-hybridized carbons (Fsp3) is 0.533. The zero-order valence-electron chi connectivity index (χ0n) is 12.3. The average Bonchev–Trinajstić information content (AvgIpc) is 2.44. The van der Waals surface area contributed by atoms with E-state index in [2.05, 4.69) is 0 Å². The third kappa shape index (κ3) is 3.11. The Kier molecular flexibility index (Phi) is 4.30. The molecule has 1 unspecified atom stereocenters. The van der Waals surface area contributed by atoms with Gasteiger partial charge in [0.25, 0.3) is 5.91 Å². The van der Waals surface area contributed by atoms with Gasteiger partial charge in [-0.1, -0.05) is 12.1 Å². The highest BCUT2D eigenvalue weighted by Crippen LogP contribution is 2.24. The number of nitrogens with zero attached hydrogens (tertiary/aromatic N) is 1. The van der Waals surface area contributed by atoms with E-state index in [1.165, 1.54) is 0 Å². The number of morpholine rings is 1. The molecule has 1 aromatic rings. The Morgan fingerprint density at radius 3 is 2.60 bits per heavy atom. The molecule has 5 nitrogen and oxygen atoms in total. The topological polar surface area (TPSA) is 64.8 Å². The number of carbonyl (C=O) groups excluding carboxylic acids is 1. The lowest BCUT2D eigenvalue weighted by molar-refractivity contribution is -0.179. The number of methoxy groups -OCH3 is 1. The molecule has 0 saturated carbocycles. The molecule has 1 heterocycles. The SMILES string of the molecule is COc1ccc(CN2CC(CN)OC(C)(C)C2=O)cc1. The van der Waals surface area contributed by atoms with Gasteiger partial charge in [0.1, 0.15) is 11.4 Å². The third-order valence-electron chi connectivity index (χ3n) is 3.48. The van der Waals surface area contributed by atoms with Crippen LogP contribution < -0.4 is 10.5 Å². The Morgan fingerprint density at radius 2 is 2.05 bits per heavy atom. The van der Waals surface area contributed by atoms with E-state index in [0.717, 1.165) is 11.3 Å². The van der Waals surface area contributed by atoms with Crippen molar-refractivity contribution in [1.29, 1.82) is 0 Å². The molecule has 1 fully saturated rings. The van der Waals surface area contributed by atoms with Crippen molar-refractivity contribution in [2.75, 3.05) is 20.2 Å². The molecule has 0 aliphatic carbocycles. The van der Waals surface area contributed by atoms with Gasteiger partial charge in [0.15, 0.2) is 0 Å². The molecule has 2 N–H and O–H groups in total. The summed E-state index contributed by atoms with van der Waals surface area (Å²) in [6.45, 7) is 5.09. The Morgan fingerprint density at radius 1 is 1.40 bits per heavy atom. The summed E-state index contributed by atoms with van der Waals surface area (Å²) in [6.07, 6.45) is -0.110. The van der Waals surface area contributed by atoms with Gasteiger partial charge in [0.05, 0.1) is 13.2 Å². The lowest BCUT2D eigenvalue weighted by Gasteiger charge is -2.41. The molecule has 5 heteroatoms. The predicted octanol–water partition coefficient (Wildman–Crippen LogP) is 1.16. The second-order valence-electron chi connectivity index (χ2n) is 5.52. The van der Waals surface area contributed by atoms with Crippen LogP contribution in [0.25, 0.3) is 0 Å². The zero-order valence-corrected chi connectivity index (χ0v) is 12.3. The van der Waals surface area contributed by atoms with Gasteiger partial charge in [-0.3, -0.25) is 4.79 Å². The number of benzene rings is 1. The smallest absolute Gasteiger partial charge is 0.254 e. The second kappa shape index (κ2) is 5.81. The summed E-state index contributed by atoms with van der Waals surface area (Å²) in [5.41, 5.74) is 5.94. The molecule has 1 atom stereocenters. The molecule has 20 heavy (non-hydrogen) atoms. The molecule has 1 saturated heterocycles. The molecular weight excluding hydrogens is 256 g/mol. The van der Waals surface area contributed by atoms with Crippen LogP contribution in [0.1, 0.15) is 19.4 Å². The fourth-order valence-corrected chi connectivity index (χ4v) is 2.42. The van der Waals surface area contributed by atoms with Gasteiger partial charge in [0.2, 0.25) is 0 Å². The maximum absolute atomic E-state index is 12.4. The van der Waals surface area contributed by atoms with Gasteiger partial charge in [-0.25, -0.2) is 0 Å². The number of hydrogen-bond donors (Lipinski definition) is 1. The summed E-state index contributed by atoms with van der Waals surface area (Å²) in [5.74, 6) is 0.806. The Balaban J connectivity index is 2.11. The van der Waals surface area contributed by atoms with Crippen LogP contribution in [-0.2, 0) is 16.1 Å². The van der Waals surface area contributed by atoms with Gasteiger partial charge < -0.3 is 20.1 Å². The molecule has 0 spiro atoms. The molecule has 0 bridgehead atoms. The molecule has 2 rings (SSSR count). The standard InChI is InChI=1S/C15H22N2O3/c1-15(2)14(18)17(10-13(8-16)20-15)9-11-4-6-12(19-3)7-5-11/h4-7,13H,8-10,16H2,1-3H3. The van der Waals surface area contributed by atoms with Crippen molar-refractivity contribution in [2.24, 2.45) is 5.73 Å². The van der Waals surface area contributed by atoms with Crippen molar-refractivity contribution in [1.82, 2.24) is 4.90 Å². The van der Waals surface area contributed by atoms with Gasteiger partial charge in [-0.2, -0.15) is 0 Å². The minimum atomic E-state index is -0.811. The summed E-state index contributed by atoms with van der Waals surface area (Å²) >= 11 is 0. The summed E-state index contributed by atoms with van der Waals surface area (Å²) in [5, 5.41) is 0. The summed E-state index contributed by atoms with van der Waals surface area (Å²) in [6, 6.07) is 7.72. The van der Waals surface area contributed by atoms with Crippen molar-refractivity contribution in [3.8, 4) is 5.75 Å². The largest absolute Gasteiger partial charge is 0.497 e. The van der Waals surface area contributed by atoms with Gasteiger partial charge in [0, 0.05) is 19.6 Å². The highest BCUT2D eigenvalue weighted by molar-refractivity contribution is 5.85. The first-order valence-electron chi connectivity index (χ1n) is 6.76. The molecule has 1 amide bonds. The van der Waals surface area contributed by atoms with E-state index in [4.69, 9.17) is 15.2 Å². The van der Waals surface area contributed by atoms with Crippen LogP contribution in [0.15, 0.2) is 24.3 Å². The molecule has 110 valence electrons.